The molecule has 4 aliphatic carbocycles. The van der Waals surface area contributed by atoms with E-state index in [-0.39, 0.29) is 58.6 Å². The lowest BCUT2D eigenvalue weighted by molar-refractivity contribution is -0.144. The van der Waals surface area contributed by atoms with Crippen molar-refractivity contribution < 1.29 is 28.7 Å². The lowest BCUT2D eigenvalue weighted by Gasteiger charge is -2.43. The Labute approximate surface area is 307 Å². The van der Waals surface area contributed by atoms with E-state index in [1.807, 2.05) is 50.2 Å². The van der Waals surface area contributed by atoms with Crippen LogP contribution < -0.4 is 0 Å². The fourth-order valence-corrected chi connectivity index (χ4v) is 9.44. The second-order valence-corrected chi connectivity index (χ2v) is 15.6. The number of hydrogen-bond acceptors (Lipinski definition) is 8. The largest absolute Gasteiger partial charge is 0.457 e. The average molecular weight is 703 g/mol. The zero-order valence-corrected chi connectivity index (χ0v) is 31.1. The zero-order valence-electron chi connectivity index (χ0n) is 31.1. The van der Waals surface area contributed by atoms with E-state index in [4.69, 9.17) is 19.1 Å². The van der Waals surface area contributed by atoms with Crippen LogP contribution in [0.25, 0.3) is 0 Å². The van der Waals surface area contributed by atoms with Crippen LogP contribution in [-0.4, -0.2) is 49.8 Å². The van der Waals surface area contributed by atoms with Gasteiger partial charge >= 0.3 is 11.9 Å². The van der Waals surface area contributed by atoms with E-state index < -0.39 is 0 Å². The van der Waals surface area contributed by atoms with Gasteiger partial charge in [0.1, 0.15) is 37.9 Å². The third-order valence-corrected chi connectivity index (χ3v) is 12.4. The molecule has 2 aromatic rings. The van der Waals surface area contributed by atoms with Crippen LogP contribution in [0.15, 0.2) is 118 Å². The first kappa shape index (κ1) is 35.7. The van der Waals surface area contributed by atoms with Gasteiger partial charge in [-0.2, -0.15) is 0 Å². The topological polar surface area (TPSA) is 95.8 Å². The average Bonchev–Trinajstić information content (AvgIpc) is 3.59. The summed E-state index contributed by atoms with van der Waals surface area (Å²) in [7, 11) is 3.14. The first-order chi connectivity index (χ1) is 25.1. The molecule has 0 aromatic heterocycles. The van der Waals surface area contributed by atoms with Gasteiger partial charge in [-0.1, -0.05) is 111 Å². The van der Waals surface area contributed by atoms with Crippen LogP contribution in [0.2, 0.25) is 0 Å². The van der Waals surface area contributed by atoms with Gasteiger partial charge < -0.3 is 19.1 Å². The van der Waals surface area contributed by atoms with E-state index in [1.165, 1.54) is 22.3 Å². The predicted molar refractivity (Wildman–Crippen MR) is 201 cm³/mol. The smallest absolute Gasteiger partial charge is 0.309 e. The second kappa shape index (κ2) is 14.4. The molecule has 8 rings (SSSR count). The van der Waals surface area contributed by atoms with Crippen molar-refractivity contribution in [3.05, 3.63) is 118 Å². The molecular formula is C44H50N2O6. The predicted octanol–water partition coefficient (Wildman–Crippen LogP) is 8.15. The highest BCUT2D eigenvalue weighted by atomic mass is 16.6. The molecular weight excluding hydrogens is 652 g/mol. The maximum Gasteiger partial charge on any atom is 0.309 e. The van der Waals surface area contributed by atoms with E-state index in [0.717, 1.165) is 61.1 Å². The zero-order chi connectivity index (χ0) is 36.6. The Morgan fingerprint density at radius 3 is 1.40 bits per heavy atom. The number of hydrogen-bond donors (Lipinski definition) is 0. The lowest BCUT2D eigenvalue weighted by atomic mass is 9.61. The minimum atomic E-state index is -0.151. The second-order valence-electron chi connectivity index (χ2n) is 15.6. The van der Waals surface area contributed by atoms with Crippen LogP contribution in [0.4, 0.5) is 0 Å². The number of allylic oxidation sites excluding steroid dienone is 6. The van der Waals surface area contributed by atoms with Crippen molar-refractivity contribution >= 4 is 23.4 Å². The molecule has 2 saturated carbocycles. The molecule has 8 nitrogen and oxygen atoms in total. The fraction of sp³-hybridized carbons (Fsp3) is 0.455. The Morgan fingerprint density at radius 2 is 1.04 bits per heavy atom. The summed E-state index contributed by atoms with van der Waals surface area (Å²) in [4.78, 5) is 34.8. The summed E-state index contributed by atoms with van der Waals surface area (Å²) >= 11 is 0. The molecule has 52 heavy (non-hydrogen) atoms. The molecule has 0 radical (unpaired) electrons. The normalized spacial score (nSPS) is 34.5. The Kier molecular flexibility index (Phi) is 9.85. The molecule has 6 aliphatic rings. The minimum absolute atomic E-state index is 0.0382. The van der Waals surface area contributed by atoms with E-state index >= 15 is 0 Å². The summed E-state index contributed by atoms with van der Waals surface area (Å²) in [5, 5.41) is 8.53. The van der Waals surface area contributed by atoms with Crippen molar-refractivity contribution in [1.29, 1.82) is 0 Å². The van der Waals surface area contributed by atoms with Gasteiger partial charge in [-0.05, 0) is 84.1 Å². The quantitative estimate of drug-likeness (QED) is 0.223. The molecule has 0 unspecified atom stereocenters. The number of fused-ring (bicyclic) bond motifs is 6. The number of carbonyl (C=O) groups is 2. The van der Waals surface area contributed by atoms with Crippen molar-refractivity contribution in [1.82, 2.24) is 0 Å². The molecule has 2 saturated heterocycles. The van der Waals surface area contributed by atoms with Crippen LogP contribution in [0, 0.1) is 34.5 Å². The van der Waals surface area contributed by atoms with Gasteiger partial charge in [0.15, 0.2) is 0 Å². The highest BCUT2D eigenvalue weighted by Crippen LogP contribution is 2.55. The van der Waals surface area contributed by atoms with Crippen LogP contribution in [0.5, 0.6) is 0 Å². The summed E-state index contributed by atoms with van der Waals surface area (Å²) in [6.45, 7) is 8.49. The van der Waals surface area contributed by atoms with Crippen molar-refractivity contribution in [3.63, 3.8) is 0 Å². The number of nitrogens with zero attached hydrogens (tertiary/aromatic N) is 2. The van der Waals surface area contributed by atoms with Gasteiger partial charge in [-0.25, -0.2) is 0 Å². The molecule has 2 aromatic carbocycles. The number of esters is 2. The van der Waals surface area contributed by atoms with Crippen molar-refractivity contribution in [2.75, 3.05) is 14.2 Å². The molecule has 4 fully saturated rings. The molecule has 0 bridgehead atoms. The van der Waals surface area contributed by atoms with Gasteiger partial charge in [0.05, 0.1) is 11.8 Å². The van der Waals surface area contributed by atoms with Gasteiger partial charge in [-0.15, -0.1) is 0 Å². The van der Waals surface area contributed by atoms with Gasteiger partial charge in [0.25, 0.3) is 0 Å². The van der Waals surface area contributed by atoms with E-state index in [2.05, 4.69) is 72.7 Å². The summed E-state index contributed by atoms with van der Waals surface area (Å²) in [5.41, 5.74) is 8.62. The molecule has 0 amide bonds. The van der Waals surface area contributed by atoms with Crippen molar-refractivity contribution in [3.8, 4) is 0 Å². The maximum atomic E-state index is 12.3. The highest BCUT2D eigenvalue weighted by molar-refractivity contribution is 6.11. The summed E-state index contributed by atoms with van der Waals surface area (Å²) < 4.78 is 11.8. The summed E-state index contributed by atoms with van der Waals surface area (Å²) in [6.07, 6.45) is 13.8. The standard InChI is InChI=1S/2C22H25NO3/c2*1-14-16-9-11-22(2)12-10-18(23-25-3)17(13-15-7-5-4-6-8-15)19(22)20(16)26-21(14)24/h2*4-8,10,12,14,16,20H,9,11,13H2,1-3H3/b2*23-18+/t2*14-,16-,20-,22-/m00/s1. The molecule has 0 spiro atoms. The molecule has 272 valence electrons. The Balaban J connectivity index is 0.000000162. The molecule has 2 aliphatic heterocycles. The van der Waals surface area contributed by atoms with E-state index in [1.54, 1.807) is 14.2 Å². The first-order valence-electron chi connectivity index (χ1n) is 18.6. The number of ether oxygens (including phenoxy) is 2. The SMILES string of the molecule is CO/N=C1\C=C[C@]2(C)CC[C@H]3[C@H](C)C(=O)O[C@@H]3C2=C1Cc1ccccc1.CO/N=C1\C=C[C@]2(C)CC[C@H]3[C@H](C)C(=O)O[C@@H]3C2=C1Cc1ccccc1. The maximum absolute atomic E-state index is 12.3. The molecule has 8 atom stereocenters. The van der Waals surface area contributed by atoms with Crippen LogP contribution in [0.3, 0.4) is 0 Å². The third kappa shape index (κ3) is 6.45. The van der Waals surface area contributed by atoms with Crippen molar-refractivity contribution in [2.24, 2.45) is 44.8 Å². The first-order valence-corrected chi connectivity index (χ1v) is 18.6. The van der Waals surface area contributed by atoms with E-state index in [9.17, 15) is 9.59 Å². The van der Waals surface area contributed by atoms with Crippen LogP contribution in [0.1, 0.15) is 64.5 Å². The minimum Gasteiger partial charge on any atom is -0.457 e. The Hall–Kier alpha value is -4.72. The molecule has 0 N–H and O–H groups in total. The molecule has 2 heterocycles. The number of carbonyl (C=O) groups excluding carboxylic acids is 2. The summed E-state index contributed by atoms with van der Waals surface area (Å²) in [6, 6.07) is 20.7. The lowest BCUT2D eigenvalue weighted by Crippen LogP contribution is -2.40. The summed E-state index contributed by atoms with van der Waals surface area (Å²) in [5.74, 6) is 0.289. The van der Waals surface area contributed by atoms with Gasteiger partial charge in [0.2, 0.25) is 0 Å². The van der Waals surface area contributed by atoms with Crippen molar-refractivity contribution in [2.45, 2.75) is 78.4 Å². The molecule has 8 heteroatoms. The van der Waals surface area contributed by atoms with Gasteiger partial charge in [0, 0.05) is 22.7 Å². The van der Waals surface area contributed by atoms with E-state index in [0.29, 0.717) is 0 Å². The van der Waals surface area contributed by atoms with Crippen LogP contribution >= 0.6 is 0 Å². The highest BCUT2D eigenvalue weighted by Gasteiger charge is 2.54. The number of rotatable bonds is 6. The van der Waals surface area contributed by atoms with Gasteiger partial charge in [-0.3, -0.25) is 9.59 Å². The Bertz CT molecular complexity index is 1750. The number of benzene rings is 2. The fourth-order valence-electron chi connectivity index (χ4n) is 9.44. The monoisotopic (exact) mass is 702 g/mol. The Morgan fingerprint density at radius 1 is 0.654 bits per heavy atom. The third-order valence-electron chi connectivity index (χ3n) is 12.4. The van der Waals surface area contributed by atoms with Crippen LogP contribution in [-0.2, 0) is 41.6 Å². The number of oxime groups is 2.